The van der Waals surface area contributed by atoms with E-state index in [9.17, 15) is 0 Å². The Morgan fingerprint density at radius 1 is 1.50 bits per heavy atom. The molecule has 0 atom stereocenters. The number of benzene rings is 1. The fraction of sp³-hybridized carbons (Fsp3) is 0.333. The molecule has 1 nitrogen and oxygen atoms in total. The van der Waals surface area contributed by atoms with E-state index in [2.05, 4.69) is 35.5 Å². The van der Waals surface area contributed by atoms with E-state index >= 15 is 0 Å². The van der Waals surface area contributed by atoms with E-state index in [-0.39, 0.29) is 0 Å². The Bertz CT molecular complexity index is 331. The van der Waals surface area contributed by atoms with Crippen molar-refractivity contribution in [2.75, 3.05) is 6.61 Å². The molecule has 0 bridgehead atoms. The highest BCUT2D eigenvalue weighted by Crippen LogP contribution is 2.25. The molecule has 0 heterocycles. The van der Waals surface area contributed by atoms with Crippen LogP contribution in [0.3, 0.4) is 0 Å². The first kappa shape index (κ1) is 11.3. The lowest BCUT2D eigenvalue weighted by atomic mass is 10.2. The first-order valence-corrected chi connectivity index (χ1v) is 5.42. The standard InChI is InChI=1S/C12H15BrO/c1-9(2)6-7-14-12-5-4-10(3)8-11(12)13/h4-5,8H,1,6-7H2,2-3H3. The van der Waals surface area contributed by atoms with Crippen LogP contribution in [0.4, 0.5) is 0 Å². The predicted octanol–water partition coefficient (Wildman–Crippen LogP) is 4.10. The Hall–Kier alpha value is -0.760. The van der Waals surface area contributed by atoms with Crippen LogP contribution in [-0.4, -0.2) is 6.61 Å². The second kappa shape index (κ2) is 5.20. The Kier molecular flexibility index (Phi) is 4.21. The monoisotopic (exact) mass is 254 g/mol. The van der Waals surface area contributed by atoms with Crippen LogP contribution in [-0.2, 0) is 0 Å². The van der Waals surface area contributed by atoms with Crippen molar-refractivity contribution in [2.24, 2.45) is 0 Å². The van der Waals surface area contributed by atoms with Crippen LogP contribution in [0.2, 0.25) is 0 Å². The van der Waals surface area contributed by atoms with Crippen LogP contribution in [0.5, 0.6) is 5.75 Å². The Labute approximate surface area is 93.9 Å². The molecule has 0 aliphatic rings. The second-order valence-electron chi connectivity index (χ2n) is 3.49. The third kappa shape index (κ3) is 3.54. The van der Waals surface area contributed by atoms with Crippen LogP contribution in [0.1, 0.15) is 18.9 Å². The van der Waals surface area contributed by atoms with Crippen molar-refractivity contribution >= 4 is 15.9 Å². The van der Waals surface area contributed by atoms with Gasteiger partial charge in [0.25, 0.3) is 0 Å². The van der Waals surface area contributed by atoms with Crippen LogP contribution in [0, 0.1) is 6.92 Å². The summed E-state index contributed by atoms with van der Waals surface area (Å²) in [4.78, 5) is 0. The molecule has 0 saturated heterocycles. The fourth-order valence-corrected chi connectivity index (χ4v) is 1.67. The average Bonchev–Trinajstić information content (AvgIpc) is 2.08. The molecule has 14 heavy (non-hydrogen) atoms. The van der Waals surface area contributed by atoms with E-state index < -0.39 is 0 Å². The van der Waals surface area contributed by atoms with Gasteiger partial charge in [0.2, 0.25) is 0 Å². The summed E-state index contributed by atoms with van der Waals surface area (Å²) in [5.74, 6) is 0.900. The van der Waals surface area contributed by atoms with Gasteiger partial charge in [0.1, 0.15) is 5.75 Å². The molecule has 2 heteroatoms. The summed E-state index contributed by atoms with van der Waals surface area (Å²) in [7, 11) is 0. The van der Waals surface area contributed by atoms with Crippen molar-refractivity contribution in [3.8, 4) is 5.75 Å². The summed E-state index contributed by atoms with van der Waals surface area (Å²) in [6, 6.07) is 6.08. The predicted molar refractivity (Wildman–Crippen MR) is 63.8 cm³/mol. The number of rotatable bonds is 4. The highest BCUT2D eigenvalue weighted by atomic mass is 79.9. The van der Waals surface area contributed by atoms with Crippen LogP contribution >= 0.6 is 15.9 Å². The third-order valence-corrected chi connectivity index (χ3v) is 2.49. The first-order chi connectivity index (χ1) is 6.59. The van der Waals surface area contributed by atoms with Crippen molar-refractivity contribution in [1.82, 2.24) is 0 Å². The largest absolute Gasteiger partial charge is 0.492 e. The van der Waals surface area contributed by atoms with Crippen molar-refractivity contribution < 1.29 is 4.74 Å². The molecule has 0 aromatic heterocycles. The van der Waals surface area contributed by atoms with Gasteiger partial charge in [-0.2, -0.15) is 0 Å². The summed E-state index contributed by atoms with van der Waals surface area (Å²) in [5, 5.41) is 0. The van der Waals surface area contributed by atoms with Crippen molar-refractivity contribution in [2.45, 2.75) is 20.3 Å². The maximum Gasteiger partial charge on any atom is 0.133 e. The Morgan fingerprint density at radius 3 is 2.79 bits per heavy atom. The molecule has 1 aromatic rings. The molecule has 0 aliphatic heterocycles. The molecule has 1 rings (SSSR count). The summed E-state index contributed by atoms with van der Waals surface area (Å²) in [5.41, 5.74) is 2.37. The summed E-state index contributed by atoms with van der Waals surface area (Å²) in [6.45, 7) is 8.59. The van der Waals surface area contributed by atoms with E-state index in [4.69, 9.17) is 4.74 Å². The molecule has 0 fully saturated rings. The van der Waals surface area contributed by atoms with Crippen molar-refractivity contribution in [3.63, 3.8) is 0 Å². The van der Waals surface area contributed by atoms with Crippen LogP contribution < -0.4 is 4.74 Å². The summed E-state index contributed by atoms with van der Waals surface area (Å²) < 4.78 is 6.61. The maximum atomic E-state index is 5.59. The molecule has 0 aliphatic carbocycles. The normalized spacial score (nSPS) is 9.93. The minimum absolute atomic E-state index is 0.691. The number of ether oxygens (including phenoxy) is 1. The molecule has 0 unspecified atom stereocenters. The topological polar surface area (TPSA) is 9.23 Å². The molecule has 0 amide bonds. The number of hydrogen-bond donors (Lipinski definition) is 0. The minimum atomic E-state index is 0.691. The van der Waals surface area contributed by atoms with Gasteiger partial charge in [-0.15, -0.1) is 6.58 Å². The molecule has 1 aromatic carbocycles. The van der Waals surface area contributed by atoms with Gasteiger partial charge >= 0.3 is 0 Å². The zero-order valence-corrected chi connectivity index (χ0v) is 10.2. The van der Waals surface area contributed by atoms with Gasteiger partial charge < -0.3 is 4.74 Å². The molecule has 0 spiro atoms. The van der Waals surface area contributed by atoms with Gasteiger partial charge in [0, 0.05) is 6.42 Å². The summed E-state index contributed by atoms with van der Waals surface area (Å²) >= 11 is 3.47. The number of aryl methyl sites for hydroxylation is 1. The van der Waals surface area contributed by atoms with Crippen LogP contribution in [0.25, 0.3) is 0 Å². The highest BCUT2D eigenvalue weighted by Gasteiger charge is 2.00. The SMILES string of the molecule is C=C(C)CCOc1ccc(C)cc1Br. The number of halogens is 1. The van der Waals surface area contributed by atoms with E-state index in [0.29, 0.717) is 6.61 Å². The van der Waals surface area contributed by atoms with Gasteiger partial charge in [-0.25, -0.2) is 0 Å². The van der Waals surface area contributed by atoms with Crippen LogP contribution in [0.15, 0.2) is 34.8 Å². The molecule has 0 N–H and O–H groups in total. The quantitative estimate of drug-likeness (QED) is 0.736. The van der Waals surface area contributed by atoms with Gasteiger partial charge in [-0.1, -0.05) is 11.6 Å². The molecule has 0 saturated carbocycles. The lowest BCUT2D eigenvalue weighted by Crippen LogP contribution is -1.98. The molecule has 76 valence electrons. The molecular weight excluding hydrogens is 240 g/mol. The Balaban J connectivity index is 2.55. The lowest BCUT2D eigenvalue weighted by Gasteiger charge is -2.08. The third-order valence-electron chi connectivity index (χ3n) is 1.87. The second-order valence-corrected chi connectivity index (χ2v) is 4.34. The molecular formula is C12H15BrO. The van der Waals surface area contributed by atoms with E-state index in [1.807, 2.05) is 19.1 Å². The van der Waals surface area contributed by atoms with Crippen molar-refractivity contribution in [1.29, 1.82) is 0 Å². The van der Waals surface area contributed by atoms with Gasteiger partial charge in [0.15, 0.2) is 0 Å². The average molecular weight is 255 g/mol. The molecule has 0 radical (unpaired) electrons. The smallest absolute Gasteiger partial charge is 0.133 e. The van der Waals surface area contributed by atoms with E-state index in [1.54, 1.807) is 0 Å². The maximum absolute atomic E-state index is 5.59. The van der Waals surface area contributed by atoms with Crippen molar-refractivity contribution in [3.05, 3.63) is 40.4 Å². The zero-order chi connectivity index (χ0) is 10.6. The lowest BCUT2D eigenvalue weighted by molar-refractivity contribution is 0.319. The minimum Gasteiger partial charge on any atom is -0.492 e. The zero-order valence-electron chi connectivity index (χ0n) is 8.64. The fourth-order valence-electron chi connectivity index (χ4n) is 1.06. The van der Waals surface area contributed by atoms with E-state index in [0.717, 1.165) is 22.2 Å². The highest BCUT2D eigenvalue weighted by molar-refractivity contribution is 9.10. The van der Waals surface area contributed by atoms with Gasteiger partial charge in [-0.05, 0) is 47.5 Å². The summed E-state index contributed by atoms with van der Waals surface area (Å²) in [6.07, 6.45) is 0.903. The van der Waals surface area contributed by atoms with E-state index in [1.165, 1.54) is 5.56 Å². The van der Waals surface area contributed by atoms with Gasteiger partial charge in [0.05, 0.1) is 11.1 Å². The Morgan fingerprint density at radius 2 is 2.21 bits per heavy atom. The van der Waals surface area contributed by atoms with Gasteiger partial charge in [-0.3, -0.25) is 0 Å². The number of hydrogen-bond acceptors (Lipinski definition) is 1. The first-order valence-electron chi connectivity index (χ1n) is 4.63.